The monoisotopic (exact) mass is 429 g/mol. The van der Waals surface area contributed by atoms with E-state index in [2.05, 4.69) is 27.3 Å². The number of hydrogen-bond acceptors (Lipinski definition) is 5. The van der Waals surface area contributed by atoms with Crippen LogP contribution in [0.1, 0.15) is 33.1 Å². The lowest BCUT2D eigenvalue weighted by Crippen LogP contribution is -2.27. The third-order valence-corrected chi connectivity index (χ3v) is 6.83. The number of thiophene rings is 1. The van der Waals surface area contributed by atoms with E-state index in [9.17, 15) is 4.79 Å². The molecule has 0 radical (unpaired) electrons. The number of aromatic nitrogens is 1. The van der Waals surface area contributed by atoms with Gasteiger partial charge in [-0.1, -0.05) is 35.9 Å². The highest BCUT2D eigenvalue weighted by Crippen LogP contribution is 2.39. The lowest BCUT2D eigenvalue weighted by atomic mass is 9.95. The Hall–Kier alpha value is -1.99. The number of ether oxygens (including phenoxy) is 1. The molecule has 0 saturated carbocycles. The third-order valence-electron chi connectivity index (χ3n) is 5.34. The zero-order valence-electron chi connectivity index (χ0n) is 16.4. The van der Waals surface area contributed by atoms with Crippen molar-refractivity contribution in [1.29, 1.82) is 0 Å². The molecule has 3 heterocycles. The normalized spacial score (nSPS) is 17.1. The summed E-state index contributed by atoms with van der Waals surface area (Å²) in [6.07, 6.45) is 2.80. The molecule has 7 heteroatoms. The Bertz CT molecular complexity index is 1010. The molecule has 1 aliphatic heterocycles. The number of methoxy groups -OCH3 is 1. The van der Waals surface area contributed by atoms with Crippen LogP contribution in [0, 0.1) is 0 Å². The fourth-order valence-corrected chi connectivity index (χ4v) is 5.29. The molecule has 1 aliphatic rings. The number of carbonyl (C=O) groups excluding carboxylic acids is 1. The van der Waals surface area contributed by atoms with Crippen molar-refractivity contribution in [3.05, 3.63) is 63.6 Å². The Morgan fingerprint density at radius 1 is 1.34 bits per heavy atom. The van der Waals surface area contributed by atoms with E-state index in [4.69, 9.17) is 16.3 Å². The van der Waals surface area contributed by atoms with Gasteiger partial charge in [0.05, 0.1) is 11.5 Å². The van der Waals surface area contributed by atoms with Crippen LogP contribution in [0.3, 0.4) is 0 Å². The van der Waals surface area contributed by atoms with E-state index in [1.807, 2.05) is 24.3 Å². The summed E-state index contributed by atoms with van der Waals surface area (Å²) >= 11 is 7.83. The zero-order valence-corrected chi connectivity index (χ0v) is 17.9. The average Bonchev–Trinajstić information content (AvgIpc) is 3.34. The second kappa shape index (κ2) is 9.22. The molecule has 1 fully saturated rings. The molecule has 5 nitrogen and oxygen atoms in total. The summed E-state index contributed by atoms with van der Waals surface area (Å²) in [7, 11) is 1.63. The summed E-state index contributed by atoms with van der Waals surface area (Å²) in [5.74, 6) is 0.267. The van der Waals surface area contributed by atoms with Crippen LogP contribution >= 0.6 is 22.9 Å². The fourth-order valence-electron chi connectivity index (χ4n) is 3.95. The van der Waals surface area contributed by atoms with Gasteiger partial charge in [0.25, 0.3) is 5.91 Å². The Morgan fingerprint density at radius 3 is 3.03 bits per heavy atom. The van der Waals surface area contributed by atoms with E-state index in [0.29, 0.717) is 19.1 Å². The van der Waals surface area contributed by atoms with Crippen LogP contribution in [-0.4, -0.2) is 49.1 Å². The number of pyridine rings is 1. The van der Waals surface area contributed by atoms with Gasteiger partial charge in [0.1, 0.15) is 4.83 Å². The number of benzene rings is 1. The first-order chi connectivity index (χ1) is 14.2. The van der Waals surface area contributed by atoms with Gasteiger partial charge in [-0.2, -0.15) is 0 Å². The molecule has 1 amide bonds. The number of hydrogen-bond donors (Lipinski definition) is 1. The molecule has 1 N–H and O–H groups in total. The van der Waals surface area contributed by atoms with Crippen molar-refractivity contribution in [2.45, 2.75) is 18.9 Å². The second-order valence-corrected chi connectivity index (χ2v) is 8.67. The van der Waals surface area contributed by atoms with E-state index in [1.165, 1.54) is 11.3 Å². The Labute approximate surface area is 179 Å². The first-order valence-corrected chi connectivity index (χ1v) is 11.0. The third kappa shape index (κ3) is 4.46. The standard InChI is InChI=1S/C22H24ClN3O2S/c1-28-12-10-24-21(27)20-19(17-6-4-9-25-22(17)29-20)16-8-11-26(14-16)13-15-5-2-3-7-18(15)23/h2-7,9,16H,8,10-14H2,1H3,(H,24,27)/t16-/m0/s1. The molecule has 1 saturated heterocycles. The van der Waals surface area contributed by atoms with Crippen LogP contribution in [0.2, 0.25) is 5.02 Å². The predicted molar refractivity (Wildman–Crippen MR) is 118 cm³/mol. The van der Waals surface area contributed by atoms with Crippen molar-refractivity contribution in [1.82, 2.24) is 15.2 Å². The number of likely N-dealkylation sites (tertiary alicyclic amines) is 1. The van der Waals surface area contributed by atoms with Crippen LogP contribution < -0.4 is 5.32 Å². The van der Waals surface area contributed by atoms with Crippen LogP contribution in [-0.2, 0) is 11.3 Å². The number of nitrogens with zero attached hydrogens (tertiary/aromatic N) is 2. The molecule has 152 valence electrons. The smallest absolute Gasteiger partial charge is 0.261 e. The van der Waals surface area contributed by atoms with E-state index < -0.39 is 0 Å². The molecule has 2 aromatic heterocycles. The number of halogens is 1. The molecule has 0 spiro atoms. The molecular weight excluding hydrogens is 406 g/mol. The van der Waals surface area contributed by atoms with Crippen molar-refractivity contribution in [2.24, 2.45) is 0 Å². The highest BCUT2D eigenvalue weighted by Gasteiger charge is 2.31. The SMILES string of the molecule is COCCNC(=O)c1sc2ncccc2c1[C@H]1CCN(Cc2ccccc2Cl)C1. The molecule has 29 heavy (non-hydrogen) atoms. The molecule has 4 rings (SSSR count). The van der Waals surface area contributed by atoms with Gasteiger partial charge in [-0.25, -0.2) is 4.98 Å². The average molecular weight is 430 g/mol. The van der Waals surface area contributed by atoms with Crippen LogP contribution in [0.4, 0.5) is 0 Å². The summed E-state index contributed by atoms with van der Waals surface area (Å²) in [5.41, 5.74) is 2.28. The van der Waals surface area contributed by atoms with Gasteiger partial charge in [0, 0.05) is 49.3 Å². The minimum atomic E-state index is -0.0374. The maximum absolute atomic E-state index is 12.9. The molecule has 1 atom stereocenters. The first kappa shape index (κ1) is 20.3. The highest BCUT2D eigenvalue weighted by atomic mass is 35.5. The van der Waals surface area contributed by atoms with E-state index in [-0.39, 0.29) is 5.91 Å². The lowest BCUT2D eigenvalue weighted by molar-refractivity contribution is 0.0940. The summed E-state index contributed by atoms with van der Waals surface area (Å²) < 4.78 is 5.06. The fraction of sp³-hybridized carbons (Fsp3) is 0.364. The summed E-state index contributed by atoms with van der Waals surface area (Å²) in [4.78, 5) is 21.5. The van der Waals surface area contributed by atoms with Crippen LogP contribution in [0.25, 0.3) is 10.2 Å². The van der Waals surface area contributed by atoms with Gasteiger partial charge in [-0.05, 0) is 36.2 Å². The van der Waals surface area contributed by atoms with Crippen molar-refractivity contribution in [3.63, 3.8) is 0 Å². The van der Waals surface area contributed by atoms with Crippen molar-refractivity contribution in [3.8, 4) is 0 Å². The molecule has 0 aliphatic carbocycles. The van der Waals surface area contributed by atoms with Crippen LogP contribution in [0.15, 0.2) is 42.6 Å². The molecule has 0 bridgehead atoms. The number of amides is 1. The topological polar surface area (TPSA) is 54.5 Å². The molecular formula is C22H24ClN3O2S. The second-order valence-electron chi connectivity index (χ2n) is 7.26. The summed E-state index contributed by atoms with van der Waals surface area (Å²) in [6.45, 7) is 3.72. The van der Waals surface area contributed by atoms with Gasteiger partial charge in [-0.3, -0.25) is 9.69 Å². The number of carbonyl (C=O) groups is 1. The lowest BCUT2D eigenvalue weighted by Gasteiger charge is -2.17. The van der Waals surface area contributed by atoms with Gasteiger partial charge in [0.15, 0.2) is 0 Å². The zero-order chi connectivity index (χ0) is 20.2. The van der Waals surface area contributed by atoms with E-state index in [1.54, 1.807) is 13.3 Å². The Morgan fingerprint density at radius 2 is 2.21 bits per heavy atom. The van der Waals surface area contributed by atoms with Gasteiger partial charge in [-0.15, -0.1) is 11.3 Å². The first-order valence-electron chi connectivity index (χ1n) is 9.77. The summed E-state index contributed by atoms with van der Waals surface area (Å²) in [5, 5.41) is 4.87. The maximum atomic E-state index is 12.9. The van der Waals surface area contributed by atoms with Gasteiger partial charge in [0.2, 0.25) is 0 Å². The maximum Gasteiger partial charge on any atom is 0.261 e. The minimum absolute atomic E-state index is 0.0374. The summed E-state index contributed by atoms with van der Waals surface area (Å²) in [6, 6.07) is 12.0. The number of nitrogens with one attached hydrogen (secondary N) is 1. The van der Waals surface area contributed by atoms with Crippen molar-refractivity contribution >= 4 is 39.1 Å². The number of fused-ring (bicyclic) bond motifs is 1. The molecule has 0 unspecified atom stereocenters. The van der Waals surface area contributed by atoms with Gasteiger partial charge < -0.3 is 10.1 Å². The van der Waals surface area contributed by atoms with Crippen molar-refractivity contribution in [2.75, 3.05) is 33.4 Å². The Kier molecular flexibility index (Phi) is 6.45. The van der Waals surface area contributed by atoms with Crippen molar-refractivity contribution < 1.29 is 9.53 Å². The number of rotatable bonds is 7. The quantitative estimate of drug-likeness (QED) is 0.568. The van der Waals surface area contributed by atoms with E-state index >= 15 is 0 Å². The largest absolute Gasteiger partial charge is 0.383 e. The van der Waals surface area contributed by atoms with E-state index in [0.717, 1.165) is 57.3 Å². The highest BCUT2D eigenvalue weighted by molar-refractivity contribution is 7.20. The minimum Gasteiger partial charge on any atom is -0.383 e. The molecule has 3 aromatic rings. The van der Waals surface area contributed by atoms with Gasteiger partial charge >= 0.3 is 0 Å². The Balaban J connectivity index is 1.57. The predicted octanol–water partition coefficient (Wildman–Crippen LogP) is 4.32. The van der Waals surface area contributed by atoms with Crippen LogP contribution in [0.5, 0.6) is 0 Å². The molecule has 1 aromatic carbocycles.